The number of rotatable bonds is 2. The first-order valence-corrected chi connectivity index (χ1v) is 4.84. The van der Waals surface area contributed by atoms with Gasteiger partial charge in [0.2, 0.25) is 5.78 Å². The lowest BCUT2D eigenvalue weighted by atomic mass is 10.2. The molecule has 0 amide bonds. The third-order valence-corrected chi connectivity index (χ3v) is 1.76. The Bertz CT molecular complexity index is 436. The Labute approximate surface area is 102 Å². The van der Waals surface area contributed by atoms with E-state index in [0.717, 1.165) is 5.56 Å². The number of ketones is 3. The predicted molar refractivity (Wildman–Crippen MR) is 58.2 cm³/mol. The Balaban J connectivity index is 0.000000321. The number of halogens is 3. The third-order valence-electron chi connectivity index (χ3n) is 1.76. The molecule has 0 fully saturated rings. The largest absolute Gasteiger partial charge is 0.457 e. The van der Waals surface area contributed by atoms with E-state index in [2.05, 4.69) is 0 Å². The van der Waals surface area contributed by atoms with Crippen molar-refractivity contribution >= 4 is 17.3 Å². The number of Topliss-reactive ketones (excluding diaryl/α,β-unsaturated/α-hetero) is 3. The summed E-state index contributed by atoms with van der Waals surface area (Å²) in [5.41, 5.74) is 0.775. The highest BCUT2D eigenvalue weighted by Gasteiger charge is 2.41. The first kappa shape index (κ1) is 16.0. The molecule has 0 saturated carbocycles. The van der Waals surface area contributed by atoms with Gasteiger partial charge in [-0.15, -0.1) is 0 Å². The number of hydrogen-bond donors (Lipinski definition) is 0. The number of carbonyl (C=O) groups is 3. The first-order valence-electron chi connectivity index (χ1n) is 4.84. The Morgan fingerprint density at radius 1 is 0.944 bits per heavy atom. The predicted octanol–water partition coefficient (Wildman–Crippen LogP) is 2.60. The summed E-state index contributed by atoms with van der Waals surface area (Å²) >= 11 is 0. The van der Waals surface area contributed by atoms with Crippen molar-refractivity contribution in [2.45, 2.75) is 20.0 Å². The second kappa shape index (κ2) is 6.68. The fraction of sp³-hybridized carbons (Fsp3) is 0.250. The summed E-state index contributed by atoms with van der Waals surface area (Å²) in [6, 6.07) is 9.23. The van der Waals surface area contributed by atoms with E-state index >= 15 is 0 Å². The van der Waals surface area contributed by atoms with E-state index in [1.807, 2.05) is 30.3 Å². The lowest BCUT2D eigenvalue weighted by Gasteiger charge is -1.98. The molecule has 3 nitrogen and oxygen atoms in total. The van der Waals surface area contributed by atoms with Crippen molar-refractivity contribution in [2.75, 3.05) is 0 Å². The molecule has 0 radical (unpaired) electrons. The molecule has 0 aliphatic rings. The second-order valence-corrected chi connectivity index (χ2v) is 3.31. The van der Waals surface area contributed by atoms with Crippen LogP contribution < -0.4 is 0 Å². The molecule has 0 saturated heterocycles. The summed E-state index contributed by atoms with van der Waals surface area (Å²) in [5.74, 6) is -3.67. The number of benzene rings is 1. The van der Waals surface area contributed by atoms with Crippen LogP contribution in [0.1, 0.15) is 24.2 Å². The molecule has 0 atom stereocenters. The van der Waals surface area contributed by atoms with E-state index in [1.54, 1.807) is 6.92 Å². The van der Waals surface area contributed by atoms with Gasteiger partial charge in [-0.3, -0.25) is 14.4 Å². The minimum Gasteiger partial charge on any atom is -0.295 e. The molecule has 1 aromatic rings. The maximum atomic E-state index is 11.1. The van der Waals surface area contributed by atoms with Crippen LogP contribution in [0.4, 0.5) is 13.2 Å². The van der Waals surface area contributed by atoms with E-state index in [-0.39, 0.29) is 5.78 Å². The maximum absolute atomic E-state index is 11.1. The minimum absolute atomic E-state index is 0.121. The quantitative estimate of drug-likeness (QED) is 0.606. The van der Waals surface area contributed by atoms with Gasteiger partial charge < -0.3 is 0 Å². The molecule has 0 aromatic heterocycles. The summed E-state index contributed by atoms with van der Waals surface area (Å²) in [5, 5.41) is 0. The molecule has 0 aliphatic carbocycles. The Kier molecular flexibility index (Phi) is 5.95. The molecular weight excluding hydrogens is 249 g/mol. The van der Waals surface area contributed by atoms with Gasteiger partial charge in [-0.05, 0) is 6.92 Å². The topological polar surface area (TPSA) is 51.2 Å². The van der Waals surface area contributed by atoms with Crippen molar-refractivity contribution in [3.63, 3.8) is 0 Å². The zero-order valence-corrected chi connectivity index (χ0v) is 9.75. The van der Waals surface area contributed by atoms with Crippen LogP contribution in [0, 0.1) is 0 Å². The van der Waals surface area contributed by atoms with Crippen LogP contribution in [-0.4, -0.2) is 23.5 Å². The molecule has 0 N–H and O–H groups in total. The molecule has 98 valence electrons. The highest BCUT2D eigenvalue weighted by molar-refractivity contribution is 6.38. The zero-order valence-electron chi connectivity index (χ0n) is 9.75. The van der Waals surface area contributed by atoms with Gasteiger partial charge in [0.25, 0.3) is 0 Å². The lowest BCUT2D eigenvalue weighted by molar-refractivity contribution is -0.173. The van der Waals surface area contributed by atoms with Gasteiger partial charge in [0, 0.05) is 12.5 Å². The van der Waals surface area contributed by atoms with Crippen LogP contribution in [-0.2, 0) is 9.59 Å². The fourth-order valence-electron chi connectivity index (χ4n) is 0.872. The summed E-state index contributed by atoms with van der Waals surface area (Å²) in [4.78, 5) is 30.1. The molecule has 18 heavy (non-hydrogen) atoms. The fourth-order valence-corrected chi connectivity index (χ4v) is 0.872. The van der Waals surface area contributed by atoms with Gasteiger partial charge in [0.15, 0.2) is 5.78 Å². The summed E-state index contributed by atoms with van der Waals surface area (Å²) in [6.07, 6.45) is -5.01. The highest BCUT2D eigenvalue weighted by atomic mass is 19.4. The summed E-state index contributed by atoms with van der Waals surface area (Å²) in [6.45, 7) is 2.14. The van der Waals surface area contributed by atoms with E-state index in [1.165, 1.54) is 0 Å². The zero-order chi connectivity index (χ0) is 14.3. The van der Waals surface area contributed by atoms with E-state index in [4.69, 9.17) is 0 Å². The summed E-state index contributed by atoms with van der Waals surface area (Å²) in [7, 11) is 0. The molecule has 0 bridgehead atoms. The minimum atomic E-state index is -5.01. The van der Waals surface area contributed by atoms with Crippen LogP contribution >= 0.6 is 0 Å². The van der Waals surface area contributed by atoms with Gasteiger partial charge >= 0.3 is 12.0 Å². The molecule has 6 heteroatoms. The maximum Gasteiger partial charge on any atom is 0.457 e. The standard InChI is InChI=1S/C8H8O.C4H3F3O2/c1-7(9)8-5-3-2-4-6-8;1-2(8)3(9)4(5,6)7/h2-6H,1H3;1H3. The Morgan fingerprint density at radius 2 is 1.39 bits per heavy atom. The number of alkyl halides is 3. The van der Waals surface area contributed by atoms with Crippen molar-refractivity contribution in [2.24, 2.45) is 0 Å². The normalized spacial score (nSPS) is 10.1. The summed E-state index contributed by atoms with van der Waals surface area (Å²) < 4.78 is 33.4. The van der Waals surface area contributed by atoms with Crippen LogP contribution in [0.25, 0.3) is 0 Å². The van der Waals surface area contributed by atoms with Gasteiger partial charge in [-0.1, -0.05) is 30.3 Å². The lowest BCUT2D eigenvalue weighted by Crippen LogP contribution is -2.28. The van der Waals surface area contributed by atoms with Crippen LogP contribution in [0.5, 0.6) is 0 Å². The average molecular weight is 260 g/mol. The average Bonchev–Trinajstić information content (AvgIpc) is 2.28. The SMILES string of the molecule is CC(=O)C(=O)C(F)(F)F.CC(=O)c1ccccc1. The monoisotopic (exact) mass is 260 g/mol. The van der Waals surface area contributed by atoms with Crippen molar-refractivity contribution < 1.29 is 27.6 Å². The van der Waals surface area contributed by atoms with Crippen LogP contribution in [0.15, 0.2) is 30.3 Å². The Hall–Kier alpha value is -1.98. The molecule has 0 spiro atoms. The third kappa shape index (κ3) is 5.93. The molecular formula is C12H11F3O3. The van der Waals surface area contributed by atoms with E-state index in [9.17, 15) is 27.6 Å². The molecule has 1 rings (SSSR count). The van der Waals surface area contributed by atoms with Gasteiger partial charge in [-0.25, -0.2) is 0 Å². The number of carbonyl (C=O) groups excluding carboxylic acids is 3. The van der Waals surface area contributed by atoms with Gasteiger partial charge in [-0.2, -0.15) is 13.2 Å². The van der Waals surface area contributed by atoms with Crippen molar-refractivity contribution in [3.05, 3.63) is 35.9 Å². The highest BCUT2D eigenvalue weighted by Crippen LogP contribution is 2.15. The molecule has 0 aliphatic heterocycles. The van der Waals surface area contributed by atoms with Crippen molar-refractivity contribution in [1.82, 2.24) is 0 Å². The first-order chi connectivity index (χ1) is 8.16. The molecule has 1 aromatic carbocycles. The van der Waals surface area contributed by atoms with Crippen molar-refractivity contribution in [3.8, 4) is 0 Å². The second-order valence-electron chi connectivity index (χ2n) is 3.31. The van der Waals surface area contributed by atoms with E-state index < -0.39 is 17.7 Å². The number of hydrogen-bond acceptors (Lipinski definition) is 3. The van der Waals surface area contributed by atoms with Gasteiger partial charge in [0.05, 0.1) is 0 Å². The molecule has 0 heterocycles. The van der Waals surface area contributed by atoms with Crippen LogP contribution in [0.3, 0.4) is 0 Å². The molecule has 0 unspecified atom stereocenters. The Morgan fingerprint density at radius 3 is 1.56 bits per heavy atom. The van der Waals surface area contributed by atoms with Gasteiger partial charge in [0.1, 0.15) is 0 Å². The van der Waals surface area contributed by atoms with Crippen LogP contribution in [0.2, 0.25) is 0 Å². The van der Waals surface area contributed by atoms with E-state index in [0.29, 0.717) is 6.92 Å². The van der Waals surface area contributed by atoms with Crippen molar-refractivity contribution in [1.29, 1.82) is 0 Å². The smallest absolute Gasteiger partial charge is 0.295 e.